The highest BCUT2D eigenvalue weighted by Gasteiger charge is 2.45. The predicted octanol–water partition coefficient (Wildman–Crippen LogP) is 4.47. The average molecular weight is 497 g/mol. The van der Waals surface area contributed by atoms with Crippen molar-refractivity contribution in [3.63, 3.8) is 0 Å². The zero-order chi connectivity index (χ0) is 25.1. The topological polar surface area (TPSA) is 82.1 Å². The smallest absolute Gasteiger partial charge is 0.420 e. The Morgan fingerprint density at radius 3 is 2.18 bits per heavy atom. The van der Waals surface area contributed by atoms with E-state index in [1.54, 1.807) is 37.2 Å². The molecule has 182 valence electrons. The van der Waals surface area contributed by atoms with Gasteiger partial charge in [-0.2, -0.15) is 21.6 Å². The highest BCUT2D eigenvalue weighted by molar-refractivity contribution is 7.87. The van der Waals surface area contributed by atoms with Gasteiger partial charge in [0.05, 0.1) is 0 Å². The summed E-state index contributed by atoms with van der Waals surface area (Å²) in [5.74, 6) is -0.769. The van der Waals surface area contributed by atoms with Gasteiger partial charge < -0.3 is 14.4 Å². The third-order valence-corrected chi connectivity index (χ3v) is 6.15. The van der Waals surface area contributed by atoms with E-state index < -0.39 is 33.9 Å². The highest BCUT2D eigenvalue weighted by Crippen LogP contribution is 2.40. The maximum Gasteiger partial charge on any atom is 0.420 e. The lowest BCUT2D eigenvalue weighted by molar-refractivity contribution is -0.196. The fourth-order valence-corrected chi connectivity index (χ4v) is 4.61. The van der Waals surface area contributed by atoms with Crippen LogP contribution in [0, 0.1) is 0 Å². The second kappa shape index (κ2) is 10.00. The number of carbonyl (C=O) groups excluding carboxylic acids is 1. The van der Waals surface area contributed by atoms with Gasteiger partial charge in [-0.05, 0) is 29.8 Å². The maximum absolute atomic E-state index is 13.8. The van der Waals surface area contributed by atoms with E-state index in [1.165, 1.54) is 25.3 Å². The molecular formula is C23H22F3NO6S. The van der Waals surface area contributed by atoms with Gasteiger partial charge in [0.2, 0.25) is 0 Å². The molecule has 7 nitrogen and oxygen atoms in total. The summed E-state index contributed by atoms with van der Waals surface area (Å²) in [6.07, 6.45) is -7.81. The Morgan fingerprint density at radius 1 is 0.971 bits per heavy atom. The first-order chi connectivity index (χ1) is 15.9. The van der Waals surface area contributed by atoms with E-state index in [4.69, 9.17) is 8.92 Å². The Kier molecular flexibility index (Phi) is 7.49. The van der Waals surface area contributed by atoms with Gasteiger partial charge in [-0.1, -0.05) is 36.4 Å². The molecular weight excluding hydrogens is 475 g/mol. The Hall–Kier alpha value is -3.15. The summed E-state index contributed by atoms with van der Waals surface area (Å²) in [5.41, 5.74) is 0.220. The number of benzene rings is 3. The molecule has 0 saturated carbocycles. The molecule has 1 unspecified atom stereocenters. The second-order valence-corrected chi connectivity index (χ2v) is 9.01. The first-order valence-corrected chi connectivity index (χ1v) is 11.3. The first kappa shape index (κ1) is 25.5. The molecule has 0 radical (unpaired) electrons. The van der Waals surface area contributed by atoms with Gasteiger partial charge in [-0.15, -0.1) is 0 Å². The highest BCUT2D eigenvalue weighted by atomic mass is 32.2. The van der Waals surface area contributed by atoms with Crippen LogP contribution in [-0.2, 0) is 23.8 Å². The minimum absolute atomic E-state index is 0.0279. The van der Waals surface area contributed by atoms with Crippen molar-refractivity contribution in [1.29, 1.82) is 0 Å². The molecule has 0 fully saturated rings. The largest absolute Gasteiger partial charge is 0.425 e. The van der Waals surface area contributed by atoms with Crippen LogP contribution in [0.5, 0.6) is 5.75 Å². The number of alkyl halides is 3. The van der Waals surface area contributed by atoms with Crippen LogP contribution >= 0.6 is 0 Å². The molecule has 0 N–H and O–H groups in total. The number of nitrogens with zero attached hydrogens (tertiary/aromatic N) is 1. The lowest BCUT2D eigenvalue weighted by atomic mass is 10.1. The van der Waals surface area contributed by atoms with E-state index in [1.807, 2.05) is 0 Å². The zero-order valence-electron chi connectivity index (χ0n) is 18.5. The van der Waals surface area contributed by atoms with E-state index in [-0.39, 0.29) is 22.6 Å². The molecule has 3 aromatic rings. The third-order valence-electron chi connectivity index (χ3n) is 4.81. The van der Waals surface area contributed by atoms with Crippen LogP contribution in [0.25, 0.3) is 10.8 Å². The van der Waals surface area contributed by atoms with Crippen LogP contribution in [-0.4, -0.2) is 48.4 Å². The number of rotatable bonds is 8. The van der Waals surface area contributed by atoms with Gasteiger partial charge in [0.15, 0.2) is 6.10 Å². The Morgan fingerprint density at radius 2 is 1.59 bits per heavy atom. The van der Waals surface area contributed by atoms with Crippen LogP contribution < -0.4 is 9.64 Å². The number of hydrogen-bond donors (Lipinski definition) is 0. The van der Waals surface area contributed by atoms with Gasteiger partial charge in [0.25, 0.3) is 10.1 Å². The van der Waals surface area contributed by atoms with E-state index in [2.05, 4.69) is 4.74 Å². The monoisotopic (exact) mass is 497 g/mol. The molecule has 0 aromatic heterocycles. The fourth-order valence-electron chi connectivity index (χ4n) is 3.34. The minimum atomic E-state index is -5.04. The predicted molar refractivity (Wildman–Crippen MR) is 119 cm³/mol. The third kappa shape index (κ3) is 5.66. The zero-order valence-corrected chi connectivity index (χ0v) is 19.3. The summed E-state index contributed by atoms with van der Waals surface area (Å²) in [7, 11) is -0.0192. The van der Waals surface area contributed by atoms with Gasteiger partial charge >= 0.3 is 12.1 Å². The van der Waals surface area contributed by atoms with Crippen LogP contribution in [0.1, 0.15) is 11.7 Å². The van der Waals surface area contributed by atoms with Gasteiger partial charge in [0.1, 0.15) is 17.3 Å². The fraction of sp³-hybridized carbons (Fsp3) is 0.261. The molecule has 0 bridgehead atoms. The summed E-state index contributed by atoms with van der Waals surface area (Å²) < 4.78 is 81.9. The molecule has 0 heterocycles. The summed E-state index contributed by atoms with van der Waals surface area (Å²) in [6, 6.07) is 13.4. The number of esters is 1. The standard InChI is InChI=1S/C23H22F3NO6S/c1-27(2)19-8-4-7-18-17(19)6-5-9-20(18)34(29,30)33-22(23(24,25)26)15-10-12-16(13-11-15)32-21(28)14-31-3/h4-13,22H,14H2,1-3H3. The molecule has 11 heteroatoms. The van der Waals surface area contributed by atoms with Gasteiger partial charge in [-0.25, -0.2) is 8.98 Å². The van der Waals surface area contributed by atoms with E-state index in [9.17, 15) is 26.4 Å². The first-order valence-electron chi connectivity index (χ1n) is 9.92. The number of methoxy groups -OCH3 is 1. The lowest BCUT2D eigenvalue weighted by Crippen LogP contribution is -2.26. The molecule has 1 atom stereocenters. The van der Waals surface area contributed by atoms with Crippen molar-refractivity contribution in [2.75, 3.05) is 32.7 Å². The van der Waals surface area contributed by atoms with Crippen LogP contribution in [0.2, 0.25) is 0 Å². The molecule has 34 heavy (non-hydrogen) atoms. The van der Waals surface area contributed by atoms with E-state index in [0.29, 0.717) is 11.1 Å². The number of carbonyl (C=O) groups is 1. The van der Waals surface area contributed by atoms with Gasteiger partial charge in [-0.3, -0.25) is 0 Å². The van der Waals surface area contributed by atoms with Crippen molar-refractivity contribution < 1.29 is 40.0 Å². The van der Waals surface area contributed by atoms with Crippen molar-refractivity contribution in [2.45, 2.75) is 17.2 Å². The van der Waals surface area contributed by atoms with Crippen LogP contribution in [0.15, 0.2) is 65.6 Å². The van der Waals surface area contributed by atoms with Crippen molar-refractivity contribution in [1.82, 2.24) is 0 Å². The van der Waals surface area contributed by atoms with Crippen molar-refractivity contribution in [2.24, 2.45) is 0 Å². The number of ether oxygens (including phenoxy) is 2. The van der Waals surface area contributed by atoms with Crippen LogP contribution in [0.4, 0.5) is 18.9 Å². The van der Waals surface area contributed by atoms with Crippen molar-refractivity contribution in [3.8, 4) is 5.75 Å². The van der Waals surface area contributed by atoms with Crippen molar-refractivity contribution in [3.05, 3.63) is 66.2 Å². The Bertz CT molecular complexity index is 1270. The van der Waals surface area contributed by atoms with Crippen molar-refractivity contribution >= 4 is 32.5 Å². The summed E-state index contributed by atoms with van der Waals surface area (Å²) in [5, 5.41) is 0.776. The quantitative estimate of drug-likeness (QED) is 0.258. The summed E-state index contributed by atoms with van der Waals surface area (Å²) in [6.45, 7) is -0.338. The van der Waals surface area contributed by atoms with E-state index >= 15 is 0 Å². The molecule has 0 spiro atoms. The summed E-state index contributed by atoms with van der Waals surface area (Å²) >= 11 is 0. The minimum Gasteiger partial charge on any atom is -0.425 e. The molecule has 3 rings (SSSR count). The molecule has 0 saturated heterocycles. The molecule has 0 aliphatic carbocycles. The Labute approximate surface area is 194 Å². The number of fused-ring (bicyclic) bond motifs is 1. The Balaban J connectivity index is 1.97. The maximum atomic E-state index is 13.8. The SMILES string of the molecule is COCC(=O)Oc1ccc(C(OS(=O)(=O)c2cccc3c(N(C)C)cccc23)C(F)(F)F)cc1. The normalized spacial score (nSPS) is 13.0. The number of halogens is 3. The lowest BCUT2D eigenvalue weighted by Gasteiger charge is -2.22. The molecule has 0 aliphatic heterocycles. The molecule has 3 aromatic carbocycles. The number of anilines is 1. The number of hydrogen-bond acceptors (Lipinski definition) is 7. The average Bonchev–Trinajstić information content (AvgIpc) is 2.76. The van der Waals surface area contributed by atoms with E-state index in [0.717, 1.165) is 24.3 Å². The second-order valence-electron chi connectivity index (χ2n) is 7.47. The van der Waals surface area contributed by atoms with Gasteiger partial charge in [0, 0.05) is 37.7 Å². The molecule has 0 amide bonds. The van der Waals surface area contributed by atoms with Crippen LogP contribution in [0.3, 0.4) is 0 Å². The molecule has 0 aliphatic rings. The summed E-state index contributed by atoms with van der Waals surface area (Å²) in [4.78, 5) is 12.9.